The van der Waals surface area contributed by atoms with Crippen molar-refractivity contribution in [3.8, 4) is 0 Å². The lowest BCUT2D eigenvalue weighted by atomic mass is 9.93. The molecule has 144 valence electrons. The van der Waals surface area contributed by atoms with Crippen LogP contribution in [0.5, 0.6) is 0 Å². The topological polar surface area (TPSA) is 115 Å². The van der Waals surface area contributed by atoms with Crippen molar-refractivity contribution in [1.29, 1.82) is 0 Å². The summed E-state index contributed by atoms with van der Waals surface area (Å²) in [5.41, 5.74) is 5.32. The zero-order valence-electron chi connectivity index (χ0n) is 15.1. The van der Waals surface area contributed by atoms with Crippen LogP contribution in [0.4, 0.5) is 0 Å². The number of nitrogens with two attached hydrogens (primary N) is 1. The Morgan fingerprint density at radius 1 is 1.30 bits per heavy atom. The predicted molar refractivity (Wildman–Crippen MR) is 95.1 cm³/mol. The highest BCUT2D eigenvalue weighted by atomic mass is 16.5. The molecule has 8 nitrogen and oxygen atoms in total. The lowest BCUT2D eigenvalue weighted by Crippen LogP contribution is -2.61. The van der Waals surface area contributed by atoms with Gasteiger partial charge in [0, 0.05) is 18.4 Å². The molecule has 1 saturated heterocycles. The molecule has 1 aromatic rings. The molecule has 3 aliphatic rings. The number of amides is 3. The summed E-state index contributed by atoms with van der Waals surface area (Å²) in [6.07, 6.45) is 6.98. The lowest BCUT2D eigenvalue weighted by Gasteiger charge is -2.41. The largest absolute Gasteiger partial charge is 0.368 e. The summed E-state index contributed by atoms with van der Waals surface area (Å²) in [5, 5.41) is 2.86. The van der Waals surface area contributed by atoms with Gasteiger partial charge >= 0.3 is 0 Å². The van der Waals surface area contributed by atoms with E-state index >= 15 is 0 Å². The van der Waals surface area contributed by atoms with E-state index in [0.717, 1.165) is 31.2 Å². The van der Waals surface area contributed by atoms with Crippen molar-refractivity contribution in [2.45, 2.75) is 62.3 Å². The van der Waals surface area contributed by atoms with Gasteiger partial charge in [-0.15, -0.1) is 0 Å². The van der Waals surface area contributed by atoms with Crippen molar-refractivity contribution < 1.29 is 19.1 Å². The van der Waals surface area contributed by atoms with Gasteiger partial charge in [-0.25, -0.2) is 0 Å². The van der Waals surface area contributed by atoms with Crippen LogP contribution >= 0.6 is 0 Å². The fraction of sp³-hybridized carbons (Fsp3) is 0.579. The number of aromatic nitrogens is 1. The quantitative estimate of drug-likeness (QED) is 0.778. The standard InChI is InChI=1S/C19H24N4O4/c20-18(26)19(7-1-2-8-19)22-17(25)16-15(12-4-3-9-21-10-12)23(13-5-6-13)14(24)11-27-16/h3-4,9-10,13,15-16H,1-2,5-8,11H2,(H2,20,26)(H,22,25)/t15-,16+/m1/s1. The zero-order chi connectivity index (χ0) is 19.0. The Hall–Kier alpha value is -2.48. The summed E-state index contributed by atoms with van der Waals surface area (Å²) >= 11 is 0. The first-order valence-electron chi connectivity index (χ1n) is 9.46. The van der Waals surface area contributed by atoms with Crippen LogP contribution in [-0.2, 0) is 19.1 Å². The molecule has 0 aromatic carbocycles. The van der Waals surface area contributed by atoms with Crippen LogP contribution in [0, 0.1) is 0 Å². The number of ether oxygens (including phenoxy) is 1. The van der Waals surface area contributed by atoms with Gasteiger partial charge in [-0.05, 0) is 37.3 Å². The summed E-state index contributed by atoms with van der Waals surface area (Å²) in [6.45, 7) is -0.144. The molecule has 1 aliphatic heterocycles. The first kappa shape index (κ1) is 17.9. The molecular formula is C19H24N4O4. The Morgan fingerprint density at radius 2 is 2.04 bits per heavy atom. The molecule has 3 fully saturated rings. The summed E-state index contributed by atoms with van der Waals surface area (Å²) in [5.74, 6) is -1.04. The van der Waals surface area contributed by atoms with Crippen molar-refractivity contribution in [2.75, 3.05) is 6.61 Å². The SMILES string of the molecule is NC(=O)C1(NC(=O)[C@H]2OCC(=O)N(C3CC3)[C@@H]2c2cccnc2)CCCC1. The molecule has 1 aromatic heterocycles. The highest BCUT2D eigenvalue weighted by Gasteiger charge is 2.50. The third kappa shape index (κ3) is 3.29. The lowest BCUT2D eigenvalue weighted by molar-refractivity contribution is -0.166. The van der Waals surface area contributed by atoms with Crippen LogP contribution in [0.1, 0.15) is 50.1 Å². The molecule has 2 atom stereocenters. The van der Waals surface area contributed by atoms with Crippen molar-refractivity contribution in [3.63, 3.8) is 0 Å². The molecule has 0 unspecified atom stereocenters. The maximum Gasteiger partial charge on any atom is 0.252 e. The van der Waals surface area contributed by atoms with Crippen LogP contribution in [0.2, 0.25) is 0 Å². The Labute approximate surface area is 157 Å². The van der Waals surface area contributed by atoms with Gasteiger partial charge < -0.3 is 20.7 Å². The number of pyridine rings is 1. The second-order valence-corrected chi connectivity index (χ2v) is 7.64. The molecule has 0 spiro atoms. The summed E-state index contributed by atoms with van der Waals surface area (Å²) in [7, 11) is 0. The first-order chi connectivity index (χ1) is 13.0. The van der Waals surface area contributed by atoms with Gasteiger partial charge in [0.25, 0.3) is 5.91 Å². The van der Waals surface area contributed by atoms with Crippen LogP contribution in [0.25, 0.3) is 0 Å². The van der Waals surface area contributed by atoms with Gasteiger partial charge in [-0.3, -0.25) is 19.4 Å². The summed E-state index contributed by atoms with van der Waals surface area (Å²) in [6, 6.07) is 3.18. The van der Waals surface area contributed by atoms with Gasteiger partial charge in [-0.2, -0.15) is 0 Å². The van der Waals surface area contributed by atoms with Crippen LogP contribution in [-0.4, -0.2) is 51.9 Å². The smallest absolute Gasteiger partial charge is 0.252 e. The molecule has 3 amide bonds. The summed E-state index contributed by atoms with van der Waals surface area (Å²) in [4.78, 5) is 43.6. The molecule has 27 heavy (non-hydrogen) atoms. The average Bonchev–Trinajstić information content (AvgIpc) is 3.39. The maximum atomic E-state index is 13.1. The van der Waals surface area contributed by atoms with Gasteiger partial charge in [0.1, 0.15) is 12.1 Å². The van der Waals surface area contributed by atoms with E-state index in [4.69, 9.17) is 10.5 Å². The normalized spacial score (nSPS) is 27.4. The minimum atomic E-state index is -1.02. The Balaban J connectivity index is 1.64. The fourth-order valence-corrected chi connectivity index (χ4v) is 4.24. The number of carbonyl (C=O) groups is 3. The molecule has 8 heteroatoms. The number of nitrogens with one attached hydrogen (secondary N) is 1. The second kappa shape index (κ2) is 6.92. The number of morpholine rings is 1. The van der Waals surface area contributed by atoms with E-state index < -0.39 is 29.5 Å². The van der Waals surface area contributed by atoms with Crippen molar-refractivity contribution >= 4 is 17.7 Å². The van der Waals surface area contributed by atoms with Crippen LogP contribution in [0.3, 0.4) is 0 Å². The molecule has 2 saturated carbocycles. The number of nitrogens with zero attached hydrogens (tertiary/aromatic N) is 2. The third-order valence-corrected chi connectivity index (χ3v) is 5.78. The van der Waals surface area contributed by atoms with E-state index in [0.29, 0.717) is 12.8 Å². The van der Waals surface area contributed by atoms with Crippen LogP contribution in [0.15, 0.2) is 24.5 Å². The highest BCUT2D eigenvalue weighted by Crippen LogP contribution is 2.40. The number of hydrogen-bond donors (Lipinski definition) is 2. The number of rotatable bonds is 5. The van der Waals surface area contributed by atoms with E-state index in [9.17, 15) is 14.4 Å². The second-order valence-electron chi connectivity index (χ2n) is 7.64. The molecule has 2 heterocycles. The van der Waals surface area contributed by atoms with E-state index in [2.05, 4.69) is 10.3 Å². The number of primary amides is 1. The van der Waals surface area contributed by atoms with E-state index in [1.165, 1.54) is 0 Å². The van der Waals surface area contributed by atoms with E-state index in [1.54, 1.807) is 23.4 Å². The predicted octanol–water partition coefficient (Wildman–Crippen LogP) is 0.427. The van der Waals surface area contributed by atoms with Gasteiger partial charge in [-0.1, -0.05) is 18.9 Å². The van der Waals surface area contributed by atoms with Gasteiger partial charge in [0.15, 0.2) is 6.10 Å². The number of hydrogen-bond acceptors (Lipinski definition) is 5. The monoisotopic (exact) mass is 372 g/mol. The number of carbonyl (C=O) groups excluding carboxylic acids is 3. The Morgan fingerprint density at radius 3 is 2.63 bits per heavy atom. The van der Waals surface area contributed by atoms with E-state index in [1.807, 2.05) is 6.07 Å². The highest BCUT2D eigenvalue weighted by molar-refractivity contribution is 5.93. The van der Waals surface area contributed by atoms with Crippen LogP contribution < -0.4 is 11.1 Å². The minimum absolute atomic E-state index is 0.124. The first-order valence-corrected chi connectivity index (χ1v) is 9.46. The molecule has 0 bridgehead atoms. The van der Waals surface area contributed by atoms with Gasteiger partial charge in [0.2, 0.25) is 11.8 Å². The third-order valence-electron chi connectivity index (χ3n) is 5.78. The van der Waals surface area contributed by atoms with Crippen molar-refractivity contribution in [2.24, 2.45) is 5.73 Å². The Bertz CT molecular complexity index is 743. The zero-order valence-corrected chi connectivity index (χ0v) is 15.1. The molecule has 3 N–H and O–H groups in total. The fourth-order valence-electron chi connectivity index (χ4n) is 4.24. The van der Waals surface area contributed by atoms with Gasteiger partial charge in [0.05, 0.1) is 6.04 Å². The summed E-state index contributed by atoms with van der Waals surface area (Å²) < 4.78 is 5.68. The molecular weight excluding hydrogens is 348 g/mol. The van der Waals surface area contributed by atoms with Crippen molar-refractivity contribution in [3.05, 3.63) is 30.1 Å². The Kier molecular flexibility index (Phi) is 4.59. The molecule has 4 rings (SSSR count). The minimum Gasteiger partial charge on any atom is -0.368 e. The van der Waals surface area contributed by atoms with E-state index in [-0.39, 0.29) is 18.6 Å². The maximum absolute atomic E-state index is 13.1. The molecule has 0 radical (unpaired) electrons. The average molecular weight is 372 g/mol. The molecule has 2 aliphatic carbocycles. The van der Waals surface area contributed by atoms with Crippen molar-refractivity contribution in [1.82, 2.24) is 15.2 Å².